The molecule has 1 N–H and O–H groups in total. The zero-order chi connectivity index (χ0) is 10.6. The third kappa shape index (κ3) is 4.11. The minimum absolute atomic E-state index is 0.477. The summed E-state index contributed by atoms with van der Waals surface area (Å²) in [6.45, 7) is 7.84. The first kappa shape index (κ1) is 12.2. The van der Waals surface area contributed by atoms with E-state index in [0.29, 0.717) is 6.04 Å². The van der Waals surface area contributed by atoms with Crippen molar-refractivity contribution in [3.63, 3.8) is 0 Å². The van der Waals surface area contributed by atoms with Crippen molar-refractivity contribution in [2.24, 2.45) is 5.92 Å². The van der Waals surface area contributed by atoms with Crippen LogP contribution in [0.1, 0.15) is 38.1 Å². The highest BCUT2D eigenvalue weighted by atomic mass is 79.9. The van der Waals surface area contributed by atoms with Gasteiger partial charge in [-0.3, -0.25) is 0 Å². The summed E-state index contributed by atoms with van der Waals surface area (Å²) in [7, 11) is 0. The molecule has 0 aromatic carbocycles. The first-order chi connectivity index (χ1) is 6.59. The molecule has 3 heteroatoms. The smallest absolute Gasteiger partial charge is 0.0386 e. The second-order valence-corrected chi connectivity index (χ2v) is 5.88. The van der Waals surface area contributed by atoms with Gasteiger partial charge in [0, 0.05) is 20.8 Å². The van der Waals surface area contributed by atoms with Crippen LogP contribution in [0.25, 0.3) is 0 Å². The molecule has 1 rings (SSSR count). The van der Waals surface area contributed by atoms with Crippen molar-refractivity contribution in [2.45, 2.75) is 33.2 Å². The van der Waals surface area contributed by atoms with Gasteiger partial charge in [0.1, 0.15) is 0 Å². The summed E-state index contributed by atoms with van der Waals surface area (Å²) in [6.07, 6.45) is 1.25. The summed E-state index contributed by atoms with van der Waals surface area (Å²) >= 11 is 5.28. The van der Waals surface area contributed by atoms with E-state index < -0.39 is 0 Å². The Morgan fingerprint density at radius 1 is 1.43 bits per heavy atom. The Morgan fingerprint density at radius 3 is 2.64 bits per heavy atom. The second kappa shape index (κ2) is 5.89. The lowest BCUT2D eigenvalue weighted by Crippen LogP contribution is -2.20. The van der Waals surface area contributed by atoms with Crippen LogP contribution in [-0.2, 0) is 0 Å². The molecule has 0 fully saturated rings. The maximum absolute atomic E-state index is 3.53. The minimum atomic E-state index is 0.477. The van der Waals surface area contributed by atoms with E-state index in [1.165, 1.54) is 15.8 Å². The lowest BCUT2D eigenvalue weighted by molar-refractivity contribution is 0.500. The van der Waals surface area contributed by atoms with Gasteiger partial charge < -0.3 is 5.32 Å². The third-order valence-electron chi connectivity index (χ3n) is 2.19. The highest BCUT2D eigenvalue weighted by Crippen LogP contribution is 2.25. The van der Waals surface area contributed by atoms with Crippen molar-refractivity contribution < 1.29 is 0 Å². The lowest BCUT2D eigenvalue weighted by atomic mass is 10.1. The quantitative estimate of drug-likeness (QED) is 0.849. The van der Waals surface area contributed by atoms with Crippen molar-refractivity contribution in [1.29, 1.82) is 0 Å². The van der Waals surface area contributed by atoms with Crippen molar-refractivity contribution in [1.82, 2.24) is 5.32 Å². The van der Waals surface area contributed by atoms with E-state index in [2.05, 4.69) is 53.5 Å². The zero-order valence-electron chi connectivity index (χ0n) is 9.01. The van der Waals surface area contributed by atoms with E-state index in [1.807, 2.05) is 11.3 Å². The van der Waals surface area contributed by atoms with E-state index in [0.717, 1.165) is 12.5 Å². The van der Waals surface area contributed by atoms with Crippen molar-refractivity contribution in [3.05, 3.63) is 20.8 Å². The van der Waals surface area contributed by atoms with E-state index in [4.69, 9.17) is 0 Å². The number of halogens is 1. The highest BCUT2D eigenvalue weighted by molar-refractivity contribution is 9.10. The molecule has 0 radical (unpaired) electrons. The van der Waals surface area contributed by atoms with Gasteiger partial charge >= 0.3 is 0 Å². The number of nitrogens with one attached hydrogen (secondary N) is 1. The summed E-state index contributed by atoms with van der Waals surface area (Å²) in [5.41, 5.74) is 0. The molecule has 80 valence electrons. The Morgan fingerprint density at radius 2 is 2.14 bits per heavy atom. The van der Waals surface area contributed by atoms with Crippen LogP contribution < -0.4 is 5.32 Å². The van der Waals surface area contributed by atoms with Crippen LogP contribution in [0.3, 0.4) is 0 Å². The first-order valence-electron chi connectivity index (χ1n) is 5.07. The summed E-state index contributed by atoms with van der Waals surface area (Å²) in [4.78, 5) is 1.40. The van der Waals surface area contributed by atoms with Gasteiger partial charge in [0.2, 0.25) is 0 Å². The van der Waals surface area contributed by atoms with E-state index in [-0.39, 0.29) is 0 Å². The van der Waals surface area contributed by atoms with Gasteiger partial charge in [-0.1, -0.05) is 13.8 Å². The Bertz CT molecular complexity index is 270. The molecule has 0 saturated heterocycles. The monoisotopic (exact) mass is 275 g/mol. The van der Waals surface area contributed by atoms with Gasteiger partial charge in [-0.25, -0.2) is 0 Å². The van der Waals surface area contributed by atoms with Gasteiger partial charge in [-0.2, -0.15) is 0 Å². The molecule has 1 aromatic heterocycles. The summed E-state index contributed by atoms with van der Waals surface area (Å²) in [5, 5.41) is 5.67. The van der Waals surface area contributed by atoms with Gasteiger partial charge in [0.05, 0.1) is 0 Å². The fraction of sp³-hybridized carbons (Fsp3) is 0.636. The van der Waals surface area contributed by atoms with Crippen LogP contribution in [0.2, 0.25) is 0 Å². The molecule has 0 aliphatic carbocycles. The number of thiophene rings is 1. The molecule has 0 saturated carbocycles. The van der Waals surface area contributed by atoms with Gasteiger partial charge in [0.15, 0.2) is 0 Å². The van der Waals surface area contributed by atoms with Crippen LogP contribution in [0, 0.1) is 5.92 Å². The van der Waals surface area contributed by atoms with E-state index in [9.17, 15) is 0 Å². The maximum Gasteiger partial charge on any atom is 0.0386 e. The Balaban J connectivity index is 2.32. The second-order valence-electron chi connectivity index (χ2n) is 4.03. The van der Waals surface area contributed by atoms with Crippen LogP contribution in [-0.4, -0.2) is 6.54 Å². The first-order valence-corrected chi connectivity index (χ1v) is 6.74. The normalized spacial score (nSPS) is 13.5. The Hall–Kier alpha value is 0.140. The standard InChI is InChI=1S/C11H18BrNS/c1-8(2)4-5-13-9(3)11-6-10(12)7-14-11/h6-9,13H,4-5H2,1-3H3. The molecule has 0 bridgehead atoms. The van der Waals surface area contributed by atoms with Crippen molar-refractivity contribution >= 4 is 27.3 Å². The average Bonchev–Trinajstić information content (AvgIpc) is 2.51. The topological polar surface area (TPSA) is 12.0 Å². The molecule has 1 atom stereocenters. The van der Waals surface area contributed by atoms with Gasteiger partial charge in [-0.05, 0) is 47.8 Å². The molecule has 0 spiro atoms. The minimum Gasteiger partial charge on any atom is -0.309 e. The SMILES string of the molecule is CC(C)CCNC(C)c1cc(Br)cs1. The zero-order valence-corrected chi connectivity index (χ0v) is 11.4. The van der Waals surface area contributed by atoms with Crippen LogP contribution in [0.15, 0.2) is 15.9 Å². The molecular formula is C11H18BrNS. The molecule has 0 aliphatic rings. The molecule has 1 nitrogen and oxygen atoms in total. The van der Waals surface area contributed by atoms with Gasteiger partial charge in [-0.15, -0.1) is 11.3 Å². The predicted molar refractivity (Wildman–Crippen MR) is 67.9 cm³/mol. The fourth-order valence-corrected chi connectivity index (χ4v) is 2.72. The Kier molecular flexibility index (Phi) is 5.13. The van der Waals surface area contributed by atoms with Crippen molar-refractivity contribution in [2.75, 3.05) is 6.54 Å². The van der Waals surface area contributed by atoms with E-state index in [1.54, 1.807) is 0 Å². The number of hydrogen-bond acceptors (Lipinski definition) is 2. The van der Waals surface area contributed by atoms with Crippen molar-refractivity contribution in [3.8, 4) is 0 Å². The molecule has 14 heavy (non-hydrogen) atoms. The summed E-state index contributed by atoms with van der Waals surface area (Å²) in [5.74, 6) is 0.782. The van der Waals surface area contributed by atoms with Crippen LogP contribution in [0.5, 0.6) is 0 Å². The summed E-state index contributed by atoms with van der Waals surface area (Å²) in [6, 6.07) is 2.67. The lowest BCUT2D eigenvalue weighted by Gasteiger charge is -2.12. The molecule has 1 unspecified atom stereocenters. The highest BCUT2D eigenvalue weighted by Gasteiger charge is 2.06. The number of rotatable bonds is 5. The molecule has 0 aliphatic heterocycles. The molecule has 0 amide bonds. The molecule has 1 aromatic rings. The summed E-state index contributed by atoms with van der Waals surface area (Å²) < 4.78 is 1.19. The molecular weight excluding hydrogens is 258 g/mol. The predicted octanol–water partition coefficient (Wildman–Crippen LogP) is 4.21. The fourth-order valence-electron chi connectivity index (χ4n) is 1.24. The number of hydrogen-bond donors (Lipinski definition) is 1. The largest absolute Gasteiger partial charge is 0.309 e. The van der Waals surface area contributed by atoms with Crippen LogP contribution >= 0.6 is 27.3 Å². The maximum atomic E-state index is 3.53. The Labute approximate surface area is 99.0 Å². The van der Waals surface area contributed by atoms with Gasteiger partial charge in [0.25, 0.3) is 0 Å². The third-order valence-corrected chi connectivity index (χ3v) is 4.06. The van der Waals surface area contributed by atoms with Crippen LogP contribution in [0.4, 0.5) is 0 Å². The molecule has 1 heterocycles. The average molecular weight is 276 g/mol. The van der Waals surface area contributed by atoms with E-state index >= 15 is 0 Å².